The van der Waals surface area contributed by atoms with Gasteiger partial charge in [0.25, 0.3) is 5.91 Å². The van der Waals surface area contributed by atoms with E-state index in [2.05, 4.69) is 10.6 Å². The minimum atomic E-state index is -0.480. The number of carbonyl (C=O) groups is 3. The third kappa shape index (κ3) is 8.15. The number of methoxy groups -OCH3 is 1. The highest BCUT2D eigenvalue weighted by atomic mass is 32.1. The zero-order valence-electron chi connectivity index (χ0n) is 17.4. The summed E-state index contributed by atoms with van der Waals surface area (Å²) in [5.74, 6) is -1.03. The second-order valence-corrected chi connectivity index (χ2v) is 6.90. The van der Waals surface area contributed by atoms with Crippen LogP contribution in [-0.2, 0) is 19.1 Å². The molecule has 0 aliphatic carbocycles. The number of ether oxygens (including phenoxy) is 2. The van der Waals surface area contributed by atoms with Crippen LogP contribution in [0.5, 0.6) is 0 Å². The van der Waals surface area contributed by atoms with Crippen molar-refractivity contribution in [2.24, 2.45) is 0 Å². The number of thiocarbonyl (C=S) groups is 1. The first-order valence-corrected chi connectivity index (χ1v) is 10.00. The van der Waals surface area contributed by atoms with Gasteiger partial charge in [-0.05, 0) is 48.6 Å². The van der Waals surface area contributed by atoms with Gasteiger partial charge in [-0.25, -0.2) is 0 Å². The second-order valence-electron chi connectivity index (χ2n) is 6.49. The zero-order chi connectivity index (χ0) is 22.6. The first-order chi connectivity index (χ1) is 14.9. The van der Waals surface area contributed by atoms with E-state index in [4.69, 9.17) is 21.7 Å². The fraction of sp³-hybridized carbons (Fsp3) is 0.273. The Bertz CT molecular complexity index is 903. The number of nitrogens with one attached hydrogen (secondary N) is 2. The van der Waals surface area contributed by atoms with Gasteiger partial charge in [-0.15, -0.1) is 0 Å². The molecule has 8 nitrogen and oxygen atoms in total. The van der Waals surface area contributed by atoms with E-state index in [0.29, 0.717) is 17.9 Å². The minimum absolute atomic E-state index is 0.0487. The highest BCUT2D eigenvalue weighted by Gasteiger charge is 2.14. The molecule has 0 saturated carbocycles. The van der Waals surface area contributed by atoms with Crippen molar-refractivity contribution in [3.8, 4) is 0 Å². The number of rotatable bonds is 9. The number of anilines is 2. The monoisotopic (exact) mass is 443 g/mol. The van der Waals surface area contributed by atoms with E-state index in [-0.39, 0.29) is 30.5 Å². The number of para-hydroxylation sites is 1. The van der Waals surface area contributed by atoms with Crippen molar-refractivity contribution in [1.29, 1.82) is 0 Å². The molecule has 2 aromatic carbocycles. The first kappa shape index (κ1) is 24.0. The van der Waals surface area contributed by atoms with Crippen LogP contribution >= 0.6 is 12.2 Å². The van der Waals surface area contributed by atoms with Crippen LogP contribution in [0.15, 0.2) is 54.6 Å². The molecule has 0 radical (unpaired) electrons. The number of nitrogens with zero attached hydrogens (tertiary/aromatic N) is 1. The largest absolute Gasteiger partial charge is 0.463 e. The molecule has 31 heavy (non-hydrogen) atoms. The number of carbonyl (C=O) groups excluding carboxylic acids is 3. The Hall–Kier alpha value is -3.30. The summed E-state index contributed by atoms with van der Waals surface area (Å²) in [5.41, 5.74) is 1.92. The molecule has 0 heterocycles. The number of hydrogen-bond donors (Lipinski definition) is 2. The van der Waals surface area contributed by atoms with Crippen LogP contribution in [0.2, 0.25) is 0 Å². The summed E-state index contributed by atoms with van der Waals surface area (Å²) in [6.45, 7) is 0.454. The Morgan fingerprint density at radius 1 is 0.968 bits per heavy atom. The Kier molecular flexibility index (Phi) is 9.60. The maximum Gasteiger partial charge on any atom is 0.306 e. The molecule has 0 aromatic heterocycles. The Morgan fingerprint density at radius 3 is 2.29 bits per heavy atom. The fourth-order valence-electron chi connectivity index (χ4n) is 2.54. The minimum Gasteiger partial charge on any atom is -0.463 e. The lowest BCUT2D eigenvalue weighted by molar-refractivity contribution is -0.146. The van der Waals surface area contributed by atoms with Crippen LogP contribution in [0.1, 0.15) is 23.2 Å². The Balaban J connectivity index is 1.80. The number of hydrogen-bond acceptors (Lipinski definition) is 6. The van der Waals surface area contributed by atoms with E-state index < -0.39 is 11.9 Å². The lowest BCUT2D eigenvalue weighted by Crippen LogP contribution is -2.34. The molecular formula is C22H25N3O5S. The van der Waals surface area contributed by atoms with Gasteiger partial charge in [0.05, 0.1) is 13.0 Å². The second kappa shape index (κ2) is 12.4. The summed E-state index contributed by atoms with van der Waals surface area (Å²) >= 11 is 5.12. The third-order valence-corrected chi connectivity index (χ3v) is 4.40. The van der Waals surface area contributed by atoms with E-state index in [1.165, 1.54) is 7.11 Å². The maximum atomic E-state index is 12.6. The van der Waals surface area contributed by atoms with Crippen LogP contribution in [-0.4, -0.2) is 50.3 Å². The van der Waals surface area contributed by atoms with Crippen molar-refractivity contribution in [3.05, 3.63) is 60.2 Å². The summed E-state index contributed by atoms with van der Waals surface area (Å²) in [6.07, 6.45) is -0.100. The standard InChI is InChI=1S/C22H25N3O5S/c1-25(18-6-4-3-5-7-18)21(28)16-8-10-17(11-9-16)23-22(31)24-19(26)12-13-20(27)30-15-14-29-2/h3-11H,12-15H2,1-2H3,(H2,23,24,26,31). The molecule has 2 N–H and O–H groups in total. The average molecular weight is 444 g/mol. The van der Waals surface area contributed by atoms with Crippen LogP contribution in [0.4, 0.5) is 11.4 Å². The maximum absolute atomic E-state index is 12.6. The molecule has 2 rings (SSSR count). The van der Waals surface area contributed by atoms with Crippen LogP contribution in [0.3, 0.4) is 0 Å². The summed E-state index contributed by atoms with van der Waals surface area (Å²) < 4.78 is 9.66. The molecule has 0 spiro atoms. The molecule has 0 fully saturated rings. The van der Waals surface area contributed by atoms with Crippen molar-refractivity contribution in [1.82, 2.24) is 5.32 Å². The van der Waals surface area contributed by atoms with Gasteiger partial charge >= 0.3 is 5.97 Å². The van der Waals surface area contributed by atoms with Crippen molar-refractivity contribution in [3.63, 3.8) is 0 Å². The summed E-state index contributed by atoms with van der Waals surface area (Å²) in [6, 6.07) is 16.1. The number of benzene rings is 2. The van der Waals surface area contributed by atoms with Gasteiger partial charge in [-0.3, -0.25) is 14.4 Å². The smallest absolute Gasteiger partial charge is 0.306 e. The molecule has 0 saturated heterocycles. The van der Waals surface area contributed by atoms with E-state index in [0.717, 1.165) is 5.69 Å². The highest BCUT2D eigenvalue weighted by molar-refractivity contribution is 7.80. The normalized spacial score (nSPS) is 10.1. The van der Waals surface area contributed by atoms with Gasteiger partial charge in [0.2, 0.25) is 5.91 Å². The van der Waals surface area contributed by atoms with Gasteiger partial charge in [-0.2, -0.15) is 0 Å². The van der Waals surface area contributed by atoms with E-state index in [9.17, 15) is 14.4 Å². The summed E-state index contributed by atoms with van der Waals surface area (Å²) in [5, 5.41) is 5.47. The molecule has 2 aromatic rings. The van der Waals surface area contributed by atoms with Crippen molar-refractivity contribution in [2.45, 2.75) is 12.8 Å². The summed E-state index contributed by atoms with van der Waals surface area (Å²) in [4.78, 5) is 37.6. The molecule has 164 valence electrons. The van der Waals surface area contributed by atoms with Crippen LogP contribution in [0, 0.1) is 0 Å². The van der Waals surface area contributed by atoms with E-state index >= 15 is 0 Å². The fourth-order valence-corrected chi connectivity index (χ4v) is 2.77. The van der Waals surface area contributed by atoms with Crippen LogP contribution < -0.4 is 15.5 Å². The van der Waals surface area contributed by atoms with Gasteiger partial charge < -0.3 is 25.0 Å². The van der Waals surface area contributed by atoms with Crippen molar-refractivity contribution < 1.29 is 23.9 Å². The highest BCUT2D eigenvalue weighted by Crippen LogP contribution is 2.16. The van der Waals surface area contributed by atoms with Crippen molar-refractivity contribution >= 4 is 46.5 Å². The van der Waals surface area contributed by atoms with Gasteiger partial charge in [0, 0.05) is 37.5 Å². The predicted octanol–water partition coefficient (Wildman–Crippen LogP) is 2.75. The van der Waals surface area contributed by atoms with E-state index in [1.54, 1.807) is 36.2 Å². The topological polar surface area (TPSA) is 97.0 Å². The molecule has 0 unspecified atom stereocenters. The van der Waals surface area contributed by atoms with Crippen molar-refractivity contribution in [2.75, 3.05) is 37.6 Å². The average Bonchev–Trinajstić information content (AvgIpc) is 2.78. The number of esters is 1. The number of amides is 2. The molecule has 0 aliphatic heterocycles. The van der Waals surface area contributed by atoms with Gasteiger partial charge in [-0.1, -0.05) is 18.2 Å². The zero-order valence-corrected chi connectivity index (χ0v) is 18.2. The first-order valence-electron chi connectivity index (χ1n) is 9.59. The van der Waals surface area contributed by atoms with Gasteiger partial charge in [0.1, 0.15) is 6.61 Å². The van der Waals surface area contributed by atoms with Gasteiger partial charge in [0.15, 0.2) is 5.11 Å². The molecule has 0 aliphatic rings. The molecule has 0 atom stereocenters. The van der Waals surface area contributed by atoms with Crippen LogP contribution in [0.25, 0.3) is 0 Å². The summed E-state index contributed by atoms with van der Waals surface area (Å²) in [7, 11) is 3.21. The van der Waals surface area contributed by atoms with E-state index in [1.807, 2.05) is 30.3 Å². The lowest BCUT2D eigenvalue weighted by atomic mass is 10.1. The molecular weight excluding hydrogens is 418 g/mol. The Morgan fingerprint density at radius 2 is 1.65 bits per heavy atom. The Labute approximate surface area is 186 Å². The SMILES string of the molecule is COCCOC(=O)CCC(=O)NC(=S)Nc1ccc(C(=O)N(C)c2ccccc2)cc1. The predicted molar refractivity (Wildman–Crippen MR) is 122 cm³/mol. The lowest BCUT2D eigenvalue weighted by Gasteiger charge is -2.17. The molecule has 0 bridgehead atoms. The quantitative estimate of drug-likeness (QED) is 0.349. The molecule has 9 heteroatoms. The molecule has 2 amide bonds. The third-order valence-electron chi connectivity index (χ3n) is 4.20.